The lowest BCUT2D eigenvalue weighted by molar-refractivity contribution is 0.198. The second-order valence-corrected chi connectivity index (χ2v) is 5.25. The first-order chi connectivity index (χ1) is 10.4. The maximum atomic E-state index is 5.39. The molecule has 1 aliphatic rings. The van der Waals surface area contributed by atoms with Crippen molar-refractivity contribution < 1.29 is 4.74 Å². The third-order valence-corrected chi connectivity index (χ3v) is 3.95. The van der Waals surface area contributed by atoms with E-state index in [0.717, 1.165) is 31.9 Å². The summed E-state index contributed by atoms with van der Waals surface area (Å²) in [5.41, 5.74) is 2.54. The van der Waals surface area contributed by atoms with Crippen LogP contribution in [0.25, 0.3) is 0 Å². The van der Waals surface area contributed by atoms with Crippen LogP contribution in [-0.2, 0) is 0 Å². The smallest absolute Gasteiger partial charge is 0.119 e. The standard InChI is InChI=1S/C17H21N3O/c1-21-16-4-2-3-15(13-16)17(14-5-7-18-8-6-14)20-11-9-19-10-12-20/h2-8,13,17,19H,9-12H2,1H3. The Balaban J connectivity index is 1.98. The fourth-order valence-electron chi connectivity index (χ4n) is 2.91. The van der Waals surface area contributed by atoms with Crippen LogP contribution in [0.3, 0.4) is 0 Å². The monoisotopic (exact) mass is 283 g/mol. The molecule has 1 fully saturated rings. The Morgan fingerprint density at radius 1 is 1.10 bits per heavy atom. The molecule has 0 amide bonds. The molecule has 2 aromatic rings. The summed E-state index contributed by atoms with van der Waals surface area (Å²) >= 11 is 0. The van der Waals surface area contributed by atoms with Gasteiger partial charge in [0.05, 0.1) is 13.2 Å². The van der Waals surface area contributed by atoms with Crippen molar-refractivity contribution in [1.82, 2.24) is 15.2 Å². The van der Waals surface area contributed by atoms with Gasteiger partial charge in [0.15, 0.2) is 0 Å². The Morgan fingerprint density at radius 2 is 1.86 bits per heavy atom. The minimum atomic E-state index is 0.255. The number of aromatic nitrogens is 1. The van der Waals surface area contributed by atoms with Crippen molar-refractivity contribution in [2.45, 2.75) is 6.04 Å². The van der Waals surface area contributed by atoms with Crippen molar-refractivity contribution >= 4 is 0 Å². The molecule has 0 bridgehead atoms. The van der Waals surface area contributed by atoms with Gasteiger partial charge in [-0.2, -0.15) is 0 Å². The predicted molar refractivity (Wildman–Crippen MR) is 83.5 cm³/mol. The number of hydrogen-bond donors (Lipinski definition) is 1. The maximum Gasteiger partial charge on any atom is 0.119 e. The van der Waals surface area contributed by atoms with E-state index in [1.807, 2.05) is 18.5 Å². The molecule has 1 atom stereocenters. The number of ether oxygens (including phenoxy) is 1. The van der Waals surface area contributed by atoms with E-state index in [1.54, 1.807) is 7.11 Å². The summed E-state index contributed by atoms with van der Waals surface area (Å²) < 4.78 is 5.39. The second-order valence-electron chi connectivity index (χ2n) is 5.25. The molecule has 4 heteroatoms. The summed E-state index contributed by atoms with van der Waals surface area (Å²) in [4.78, 5) is 6.66. The van der Waals surface area contributed by atoms with Gasteiger partial charge in [-0.1, -0.05) is 12.1 Å². The van der Waals surface area contributed by atoms with Crippen molar-refractivity contribution in [3.63, 3.8) is 0 Å². The van der Waals surface area contributed by atoms with Crippen LogP contribution in [0.2, 0.25) is 0 Å². The third-order valence-electron chi connectivity index (χ3n) is 3.95. The number of piperazine rings is 1. The molecular weight excluding hydrogens is 262 g/mol. The van der Waals surface area contributed by atoms with Crippen molar-refractivity contribution in [3.05, 3.63) is 59.9 Å². The van der Waals surface area contributed by atoms with Gasteiger partial charge in [0, 0.05) is 38.6 Å². The van der Waals surface area contributed by atoms with Crippen LogP contribution in [0.4, 0.5) is 0 Å². The average Bonchev–Trinajstić information content (AvgIpc) is 2.57. The Morgan fingerprint density at radius 3 is 2.57 bits per heavy atom. The molecule has 1 saturated heterocycles. The fourth-order valence-corrected chi connectivity index (χ4v) is 2.91. The topological polar surface area (TPSA) is 37.4 Å². The molecule has 3 rings (SSSR count). The summed E-state index contributed by atoms with van der Waals surface area (Å²) in [6.45, 7) is 4.16. The van der Waals surface area contributed by atoms with Crippen molar-refractivity contribution in [2.24, 2.45) is 0 Å². The molecule has 1 aromatic carbocycles. The van der Waals surface area contributed by atoms with Crippen LogP contribution < -0.4 is 10.1 Å². The van der Waals surface area contributed by atoms with E-state index in [2.05, 4.69) is 45.5 Å². The van der Waals surface area contributed by atoms with E-state index >= 15 is 0 Å². The molecule has 0 saturated carbocycles. The average molecular weight is 283 g/mol. The molecule has 2 heterocycles. The van der Waals surface area contributed by atoms with E-state index in [0.29, 0.717) is 0 Å². The van der Waals surface area contributed by atoms with Crippen molar-refractivity contribution in [1.29, 1.82) is 0 Å². The van der Waals surface area contributed by atoms with Gasteiger partial charge in [-0.15, -0.1) is 0 Å². The lowest BCUT2D eigenvalue weighted by Crippen LogP contribution is -2.45. The number of methoxy groups -OCH3 is 1. The zero-order valence-electron chi connectivity index (χ0n) is 12.3. The number of benzene rings is 1. The highest BCUT2D eigenvalue weighted by molar-refractivity contribution is 5.36. The summed E-state index contributed by atoms with van der Waals surface area (Å²) in [6, 6.07) is 12.8. The Hall–Kier alpha value is -1.91. The van der Waals surface area contributed by atoms with Gasteiger partial charge in [-0.25, -0.2) is 0 Å². The van der Waals surface area contributed by atoms with Gasteiger partial charge in [0.25, 0.3) is 0 Å². The highest BCUT2D eigenvalue weighted by atomic mass is 16.5. The Labute approximate surface area is 125 Å². The molecular formula is C17H21N3O. The zero-order chi connectivity index (χ0) is 14.5. The van der Waals surface area contributed by atoms with Crippen LogP contribution in [-0.4, -0.2) is 43.2 Å². The van der Waals surface area contributed by atoms with Crippen LogP contribution in [0, 0.1) is 0 Å². The van der Waals surface area contributed by atoms with E-state index in [-0.39, 0.29) is 6.04 Å². The third kappa shape index (κ3) is 3.23. The zero-order valence-corrected chi connectivity index (χ0v) is 12.3. The SMILES string of the molecule is COc1cccc(C(c2ccncc2)N2CCNCC2)c1. The van der Waals surface area contributed by atoms with Crippen molar-refractivity contribution in [3.8, 4) is 5.75 Å². The minimum absolute atomic E-state index is 0.255. The molecule has 110 valence electrons. The minimum Gasteiger partial charge on any atom is -0.497 e. The van der Waals surface area contributed by atoms with E-state index < -0.39 is 0 Å². The van der Waals surface area contributed by atoms with Gasteiger partial charge in [-0.3, -0.25) is 9.88 Å². The predicted octanol–water partition coefficient (Wildman–Crippen LogP) is 2.08. The molecule has 1 aliphatic heterocycles. The first-order valence-electron chi connectivity index (χ1n) is 7.37. The largest absolute Gasteiger partial charge is 0.497 e. The summed E-state index contributed by atoms with van der Waals surface area (Å²) in [5, 5.41) is 3.42. The number of hydrogen-bond acceptors (Lipinski definition) is 4. The Kier molecular flexibility index (Phi) is 4.48. The summed E-state index contributed by atoms with van der Waals surface area (Å²) in [5.74, 6) is 0.904. The number of nitrogens with one attached hydrogen (secondary N) is 1. The van der Waals surface area contributed by atoms with Crippen LogP contribution >= 0.6 is 0 Å². The molecule has 1 unspecified atom stereocenters. The van der Waals surface area contributed by atoms with E-state index in [1.165, 1.54) is 11.1 Å². The van der Waals surface area contributed by atoms with Gasteiger partial charge < -0.3 is 10.1 Å². The van der Waals surface area contributed by atoms with Gasteiger partial charge in [-0.05, 0) is 35.4 Å². The van der Waals surface area contributed by atoms with E-state index in [9.17, 15) is 0 Å². The first kappa shape index (κ1) is 14.0. The molecule has 0 radical (unpaired) electrons. The van der Waals surface area contributed by atoms with E-state index in [4.69, 9.17) is 4.74 Å². The number of pyridine rings is 1. The second kappa shape index (κ2) is 6.70. The summed E-state index contributed by atoms with van der Waals surface area (Å²) in [6.07, 6.45) is 3.73. The molecule has 4 nitrogen and oxygen atoms in total. The molecule has 0 spiro atoms. The first-order valence-corrected chi connectivity index (χ1v) is 7.37. The Bertz CT molecular complexity index is 567. The normalized spacial score (nSPS) is 17.4. The van der Waals surface area contributed by atoms with Gasteiger partial charge in [0.1, 0.15) is 5.75 Å². The maximum absolute atomic E-state index is 5.39. The van der Waals surface area contributed by atoms with Gasteiger partial charge >= 0.3 is 0 Å². The molecule has 21 heavy (non-hydrogen) atoms. The molecule has 0 aliphatic carbocycles. The highest BCUT2D eigenvalue weighted by Crippen LogP contribution is 2.30. The highest BCUT2D eigenvalue weighted by Gasteiger charge is 2.24. The van der Waals surface area contributed by atoms with Crippen molar-refractivity contribution in [2.75, 3.05) is 33.3 Å². The van der Waals surface area contributed by atoms with Crippen LogP contribution in [0.15, 0.2) is 48.8 Å². The fraction of sp³-hybridized carbons (Fsp3) is 0.353. The van der Waals surface area contributed by atoms with Crippen LogP contribution in [0.1, 0.15) is 17.2 Å². The quantitative estimate of drug-likeness (QED) is 0.932. The lowest BCUT2D eigenvalue weighted by atomic mass is 9.97. The molecule has 1 N–H and O–H groups in total. The van der Waals surface area contributed by atoms with Gasteiger partial charge in [0.2, 0.25) is 0 Å². The summed E-state index contributed by atoms with van der Waals surface area (Å²) in [7, 11) is 1.71. The molecule has 1 aromatic heterocycles. The number of nitrogens with zero attached hydrogens (tertiary/aromatic N) is 2. The lowest BCUT2D eigenvalue weighted by Gasteiger charge is -2.35. The van der Waals surface area contributed by atoms with Crippen LogP contribution in [0.5, 0.6) is 5.75 Å². The number of rotatable bonds is 4.